The molecule has 0 saturated heterocycles. The van der Waals surface area contributed by atoms with Gasteiger partial charge in [-0.3, -0.25) is 9.55 Å². The lowest BCUT2D eigenvalue weighted by molar-refractivity contribution is 0.768. The molecule has 1 aliphatic carbocycles. The minimum absolute atomic E-state index is 0.482. The summed E-state index contributed by atoms with van der Waals surface area (Å²) < 4.78 is 2.25. The first-order valence-electron chi connectivity index (χ1n) is 17.7. The number of hydrogen-bond donors (Lipinski definition) is 0. The summed E-state index contributed by atoms with van der Waals surface area (Å²) in [5.41, 5.74) is 15.9. The van der Waals surface area contributed by atoms with Crippen LogP contribution < -0.4 is 0 Å². The summed E-state index contributed by atoms with van der Waals surface area (Å²) in [4.78, 5) is 9.76. The first kappa shape index (κ1) is 30.0. The largest absolute Gasteiger partial charge is 0.292 e. The van der Waals surface area contributed by atoms with Gasteiger partial charge in [0.2, 0.25) is 0 Å². The molecule has 2 aromatic heterocycles. The summed E-state index contributed by atoms with van der Waals surface area (Å²) in [6, 6.07) is 67.6. The monoisotopic (exact) mass is 663 g/mol. The zero-order chi connectivity index (χ0) is 34.5. The number of benzene rings is 7. The highest BCUT2D eigenvalue weighted by atomic mass is 15.1. The molecule has 10 rings (SSSR count). The van der Waals surface area contributed by atoms with Crippen molar-refractivity contribution in [3.05, 3.63) is 223 Å². The Kier molecular flexibility index (Phi) is 7.04. The lowest BCUT2D eigenvalue weighted by atomic mass is 9.67. The first-order chi connectivity index (χ1) is 25.8. The molecule has 0 saturated carbocycles. The normalized spacial score (nSPS) is 12.8. The van der Waals surface area contributed by atoms with Crippen LogP contribution in [-0.4, -0.2) is 14.5 Å². The van der Waals surface area contributed by atoms with E-state index in [1.807, 2.05) is 24.5 Å². The number of nitrogens with zero attached hydrogens (tertiary/aromatic N) is 3. The molecule has 1 aliphatic rings. The molecule has 3 nitrogen and oxygen atoms in total. The Labute approximate surface area is 303 Å². The summed E-state index contributed by atoms with van der Waals surface area (Å²) in [6.45, 7) is 0. The van der Waals surface area contributed by atoms with Gasteiger partial charge in [0.05, 0.1) is 16.4 Å². The van der Waals surface area contributed by atoms with Gasteiger partial charge in [-0.15, -0.1) is 0 Å². The molecule has 0 aliphatic heterocycles. The van der Waals surface area contributed by atoms with Crippen LogP contribution in [0.1, 0.15) is 22.3 Å². The first-order valence-corrected chi connectivity index (χ1v) is 17.7. The third-order valence-electron chi connectivity index (χ3n) is 10.6. The number of para-hydroxylation sites is 3. The third-order valence-corrected chi connectivity index (χ3v) is 10.6. The molecule has 0 amide bonds. The van der Waals surface area contributed by atoms with E-state index < -0.39 is 5.41 Å². The van der Waals surface area contributed by atoms with Crippen LogP contribution in [0.25, 0.3) is 61.5 Å². The minimum Gasteiger partial charge on any atom is -0.292 e. The van der Waals surface area contributed by atoms with Crippen molar-refractivity contribution in [2.24, 2.45) is 0 Å². The number of rotatable bonds is 6. The quantitative estimate of drug-likeness (QED) is 0.177. The van der Waals surface area contributed by atoms with E-state index in [-0.39, 0.29) is 0 Å². The molecule has 0 atom stereocenters. The van der Waals surface area contributed by atoms with E-state index in [0.717, 1.165) is 39.2 Å². The standard InChI is InChI=1S/C49H33N3/c1-4-16-37(17-5-1)49(38-18-6-2-7-19-38)42-23-11-10-22-41(42)47-43(49)31-30-40(46(47)36-15-14-32-50-33-36)34-26-28-35(29-27-34)48-51-44-24-12-13-25-45(44)52(48)39-20-8-3-9-21-39/h1-33H. The fraction of sp³-hybridized carbons (Fsp3) is 0.0204. The highest BCUT2D eigenvalue weighted by molar-refractivity contribution is 6.01. The topological polar surface area (TPSA) is 30.7 Å². The number of pyridine rings is 1. The van der Waals surface area contributed by atoms with Gasteiger partial charge in [-0.05, 0) is 80.4 Å². The van der Waals surface area contributed by atoms with Gasteiger partial charge in [0.1, 0.15) is 5.82 Å². The maximum absolute atomic E-state index is 5.13. The van der Waals surface area contributed by atoms with Crippen LogP contribution in [0, 0.1) is 0 Å². The fourth-order valence-corrected chi connectivity index (χ4v) is 8.44. The number of hydrogen-bond acceptors (Lipinski definition) is 2. The Bertz CT molecular complexity index is 2660. The molecular formula is C49H33N3. The summed E-state index contributed by atoms with van der Waals surface area (Å²) in [5.74, 6) is 0.921. The minimum atomic E-state index is -0.482. The molecule has 244 valence electrons. The van der Waals surface area contributed by atoms with Crippen LogP contribution in [0.2, 0.25) is 0 Å². The molecule has 0 radical (unpaired) electrons. The maximum atomic E-state index is 5.13. The molecule has 3 heteroatoms. The van der Waals surface area contributed by atoms with Crippen molar-refractivity contribution in [3.8, 4) is 50.5 Å². The number of aromatic nitrogens is 3. The van der Waals surface area contributed by atoms with E-state index >= 15 is 0 Å². The average molecular weight is 664 g/mol. The van der Waals surface area contributed by atoms with Gasteiger partial charge in [-0.2, -0.15) is 0 Å². The van der Waals surface area contributed by atoms with Crippen molar-refractivity contribution in [1.82, 2.24) is 14.5 Å². The van der Waals surface area contributed by atoms with Crippen molar-refractivity contribution in [3.63, 3.8) is 0 Å². The highest BCUT2D eigenvalue weighted by Crippen LogP contribution is 2.59. The fourth-order valence-electron chi connectivity index (χ4n) is 8.44. The number of fused-ring (bicyclic) bond motifs is 4. The van der Waals surface area contributed by atoms with Crippen LogP contribution in [0.5, 0.6) is 0 Å². The van der Waals surface area contributed by atoms with E-state index in [0.29, 0.717) is 0 Å². The second-order valence-corrected chi connectivity index (χ2v) is 13.4. The smallest absolute Gasteiger partial charge is 0.145 e. The van der Waals surface area contributed by atoms with Crippen LogP contribution in [-0.2, 0) is 5.41 Å². The van der Waals surface area contributed by atoms with Gasteiger partial charge in [-0.1, -0.05) is 158 Å². The molecule has 52 heavy (non-hydrogen) atoms. The van der Waals surface area contributed by atoms with Crippen LogP contribution in [0.3, 0.4) is 0 Å². The molecule has 7 aromatic carbocycles. The Hall–Kier alpha value is -6.84. The summed E-state index contributed by atoms with van der Waals surface area (Å²) in [6.07, 6.45) is 3.86. The summed E-state index contributed by atoms with van der Waals surface area (Å²) in [7, 11) is 0. The molecular weight excluding hydrogens is 631 g/mol. The van der Waals surface area contributed by atoms with Crippen LogP contribution >= 0.6 is 0 Å². The molecule has 0 spiro atoms. The van der Waals surface area contributed by atoms with Gasteiger partial charge in [0.15, 0.2) is 0 Å². The highest BCUT2D eigenvalue weighted by Gasteiger charge is 2.47. The lowest BCUT2D eigenvalue weighted by Crippen LogP contribution is -2.28. The van der Waals surface area contributed by atoms with E-state index in [1.54, 1.807) is 0 Å². The van der Waals surface area contributed by atoms with E-state index in [2.05, 4.69) is 185 Å². The van der Waals surface area contributed by atoms with E-state index in [4.69, 9.17) is 4.98 Å². The van der Waals surface area contributed by atoms with Gasteiger partial charge in [-0.25, -0.2) is 4.98 Å². The number of imidazole rings is 1. The Morgan fingerprint density at radius 2 is 1.06 bits per heavy atom. The molecule has 9 aromatic rings. The van der Waals surface area contributed by atoms with Crippen molar-refractivity contribution in [1.29, 1.82) is 0 Å². The van der Waals surface area contributed by atoms with Gasteiger partial charge in [0.25, 0.3) is 0 Å². The predicted molar refractivity (Wildman–Crippen MR) is 212 cm³/mol. The Balaban J connectivity index is 1.21. The SMILES string of the molecule is c1ccc(-n2c(-c3ccc(-c4ccc5c(c4-c4cccnc4)-c4ccccc4C5(c4ccccc4)c4ccccc4)cc3)nc3ccccc32)cc1. The second-order valence-electron chi connectivity index (χ2n) is 13.4. The molecule has 0 unspecified atom stereocenters. The zero-order valence-electron chi connectivity index (χ0n) is 28.4. The van der Waals surface area contributed by atoms with E-state index in [9.17, 15) is 0 Å². The van der Waals surface area contributed by atoms with Crippen LogP contribution in [0.4, 0.5) is 0 Å². The summed E-state index contributed by atoms with van der Waals surface area (Å²) in [5, 5.41) is 0. The molecule has 0 fully saturated rings. The molecule has 2 heterocycles. The second kappa shape index (κ2) is 12.2. The molecule has 0 bridgehead atoms. The lowest BCUT2D eigenvalue weighted by Gasteiger charge is -2.34. The van der Waals surface area contributed by atoms with Crippen molar-refractivity contribution < 1.29 is 0 Å². The summed E-state index contributed by atoms with van der Waals surface area (Å²) >= 11 is 0. The van der Waals surface area contributed by atoms with Crippen molar-refractivity contribution in [2.45, 2.75) is 5.41 Å². The van der Waals surface area contributed by atoms with Gasteiger partial charge >= 0.3 is 0 Å². The average Bonchev–Trinajstić information content (AvgIpc) is 3.77. The maximum Gasteiger partial charge on any atom is 0.145 e. The van der Waals surface area contributed by atoms with Gasteiger partial charge in [0, 0.05) is 29.2 Å². The predicted octanol–water partition coefficient (Wildman–Crippen LogP) is 11.8. The Morgan fingerprint density at radius 3 is 1.77 bits per heavy atom. The van der Waals surface area contributed by atoms with Crippen molar-refractivity contribution in [2.75, 3.05) is 0 Å². The third kappa shape index (κ3) is 4.53. The Morgan fingerprint density at radius 1 is 0.423 bits per heavy atom. The van der Waals surface area contributed by atoms with Gasteiger partial charge < -0.3 is 0 Å². The molecule has 0 N–H and O–H groups in total. The van der Waals surface area contributed by atoms with Crippen molar-refractivity contribution >= 4 is 11.0 Å². The zero-order valence-corrected chi connectivity index (χ0v) is 28.4. The van der Waals surface area contributed by atoms with Crippen LogP contribution in [0.15, 0.2) is 200 Å². The van der Waals surface area contributed by atoms with E-state index in [1.165, 1.54) is 44.5 Å².